The summed E-state index contributed by atoms with van der Waals surface area (Å²) in [4.78, 5) is 0.380. The minimum atomic E-state index is -3.40. The van der Waals surface area contributed by atoms with E-state index < -0.39 is 10.0 Å². The highest BCUT2D eigenvalue weighted by Gasteiger charge is 2.41. The van der Waals surface area contributed by atoms with Gasteiger partial charge in [-0.25, -0.2) is 8.42 Å². The molecule has 0 bridgehead atoms. The van der Waals surface area contributed by atoms with Crippen molar-refractivity contribution in [2.75, 3.05) is 25.5 Å². The van der Waals surface area contributed by atoms with Gasteiger partial charge in [-0.05, 0) is 36.8 Å². The fourth-order valence-corrected chi connectivity index (χ4v) is 4.72. The fourth-order valence-electron chi connectivity index (χ4n) is 2.96. The summed E-state index contributed by atoms with van der Waals surface area (Å²) in [6.45, 7) is 5.57. The first-order valence-electron chi connectivity index (χ1n) is 7.26. The lowest BCUT2D eigenvalue weighted by Gasteiger charge is -2.26. The van der Waals surface area contributed by atoms with Crippen LogP contribution in [0.3, 0.4) is 0 Å². The highest BCUT2D eigenvalue weighted by Crippen LogP contribution is 2.39. The molecule has 0 amide bonds. The second-order valence-corrected chi connectivity index (χ2v) is 7.45. The van der Waals surface area contributed by atoms with E-state index in [2.05, 4.69) is 19.2 Å². The Morgan fingerprint density at radius 2 is 1.90 bits per heavy atom. The number of anilines is 1. The average Bonchev–Trinajstić information content (AvgIpc) is 2.93. The van der Waals surface area contributed by atoms with Crippen LogP contribution in [0.1, 0.15) is 33.1 Å². The van der Waals surface area contributed by atoms with Crippen molar-refractivity contribution in [1.82, 2.24) is 4.31 Å². The first-order chi connectivity index (χ1) is 9.49. The molecule has 0 atom stereocenters. The van der Waals surface area contributed by atoms with Gasteiger partial charge in [0, 0.05) is 20.1 Å². The number of nitrogens with zero attached hydrogens (tertiary/aromatic N) is 1. The van der Waals surface area contributed by atoms with Crippen LogP contribution >= 0.6 is 0 Å². The maximum Gasteiger partial charge on any atom is 0.245 e. The number of para-hydroxylation sites is 1. The Morgan fingerprint density at radius 1 is 1.25 bits per heavy atom. The van der Waals surface area contributed by atoms with Crippen molar-refractivity contribution in [2.45, 2.75) is 38.0 Å². The van der Waals surface area contributed by atoms with Gasteiger partial charge in [0.05, 0.1) is 5.69 Å². The van der Waals surface area contributed by atoms with Gasteiger partial charge in [0.1, 0.15) is 4.90 Å². The lowest BCUT2D eigenvalue weighted by Crippen LogP contribution is -2.32. The average molecular weight is 296 g/mol. The van der Waals surface area contributed by atoms with E-state index in [1.807, 2.05) is 6.07 Å². The predicted molar refractivity (Wildman–Crippen MR) is 82.4 cm³/mol. The molecule has 0 unspecified atom stereocenters. The Bertz CT molecular complexity index is 565. The Morgan fingerprint density at radius 3 is 2.45 bits per heavy atom. The van der Waals surface area contributed by atoms with Crippen LogP contribution in [0.15, 0.2) is 29.2 Å². The molecule has 112 valence electrons. The largest absolute Gasteiger partial charge is 0.387 e. The van der Waals surface area contributed by atoms with Crippen LogP contribution in [-0.2, 0) is 10.0 Å². The van der Waals surface area contributed by atoms with Crippen molar-refractivity contribution in [3.63, 3.8) is 0 Å². The van der Waals surface area contributed by atoms with E-state index in [0.717, 1.165) is 19.3 Å². The van der Waals surface area contributed by atoms with Gasteiger partial charge in [0.15, 0.2) is 0 Å². The number of benzene rings is 1. The Hall–Kier alpha value is -1.07. The highest BCUT2D eigenvalue weighted by atomic mass is 32.2. The normalized spacial score (nSPS) is 19.1. The third-order valence-electron chi connectivity index (χ3n) is 4.68. The van der Waals surface area contributed by atoms with Gasteiger partial charge in [0.25, 0.3) is 0 Å². The minimum Gasteiger partial charge on any atom is -0.387 e. The molecule has 0 saturated carbocycles. The number of nitrogens with one attached hydrogen (secondary N) is 1. The van der Waals surface area contributed by atoms with Crippen molar-refractivity contribution < 1.29 is 8.42 Å². The minimum absolute atomic E-state index is 0.154. The van der Waals surface area contributed by atoms with E-state index in [-0.39, 0.29) is 5.41 Å². The maximum atomic E-state index is 12.8. The maximum absolute atomic E-state index is 12.8. The van der Waals surface area contributed by atoms with Crippen LogP contribution in [0, 0.1) is 5.41 Å². The molecule has 2 rings (SSSR count). The molecule has 5 heteroatoms. The molecular formula is C15H24N2O2S. The second kappa shape index (κ2) is 5.74. The summed E-state index contributed by atoms with van der Waals surface area (Å²) in [5, 5.41) is 2.97. The molecule has 0 aromatic heterocycles. The number of hydrogen-bond donors (Lipinski definition) is 1. The quantitative estimate of drug-likeness (QED) is 0.909. The number of rotatable bonds is 5. The molecule has 1 aliphatic rings. The number of hydrogen-bond acceptors (Lipinski definition) is 3. The predicted octanol–water partition coefficient (Wildman–Crippen LogP) is 2.93. The van der Waals surface area contributed by atoms with Gasteiger partial charge in [-0.2, -0.15) is 4.31 Å². The van der Waals surface area contributed by atoms with Crippen molar-refractivity contribution in [2.24, 2.45) is 5.41 Å². The lowest BCUT2D eigenvalue weighted by atomic mass is 9.82. The third kappa shape index (κ3) is 2.56. The van der Waals surface area contributed by atoms with Gasteiger partial charge >= 0.3 is 0 Å². The number of sulfonamides is 1. The molecule has 1 heterocycles. The van der Waals surface area contributed by atoms with Crippen molar-refractivity contribution in [3.05, 3.63) is 24.3 Å². The smallest absolute Gasteiger partial charge is 0.245 e. The summed E-state index contributed by atoms with van der Waals surface area (Å²) in [6.07, 6.45) is 3.02. The lowest BCUT2D eigenvalue weighted by molar-refractivity contribution is 0.279. The summed E-state index contributed by atoms with van der Waals surface area (Å²) >= 11 is 0. The molecule has 1 N–H and O–H groups in total. The molecule has 0 spiro atoms. The van der Waals surface area contributed by atoms with Crippen LogP contribution < -0.4 is 5.32 Å². The molecule has 4 nitrogen and oxygen atoms in total. The first kappa shape index (κ1) is 15.3. The monoisotopic (exact) mass is 296 g/mol. The van der Waals surface area contributed by atoms with Crippen LogP contribution in [-0.4, -0.2) is 32.9 Å². The zero-order valence-corrected chi connectivity index (χ0v) is 13.3. The van der Waals surface area contributed by atoms with E-state index >= 15 is 0 Å². The highest BCUT2D eigenvalue weighted by molar-refractivity contribution is 7.89. The Kier molecular flexibility index (Phi) is 4.39. The van der Waals surface area contributed by atoms with Gasteiger partial charge < -0.3 is 5.32 Å². The standard InChI is InChI=1S/C15H24N2O2S/c1-4-15(5-2)10-11-17(12-15)20(18,19)14-9-7-6-8-13(14)16-3/h6-9,16H,4-5,10-12H2,1-3H3. The Labute approximate surface area is 122 Å². The molecule has 1 aliphatic heterocycles. The van der Waals surface area contributed by atoms with Crippen LogP contribution in [0.2, 0.25) is 0 Å². The van der Waals surface area contributed by atoms with Crippen LogP contribution in [0.5, 0.6) is 0 Å². The van der Waals surface area contributed by atoms with E-state index in [9.17, 15) is 8.42 Å². The zero-order chi connectivity index (χ0) is 14.8. The summed E-state index contributed by atoms with van der Waals surface area (Å²) in [5.74, 6) is 0. The van der Waals surface area contributed by atoms with Gasteiger partial charge in [-0.15, -0.1) is 0 Å². The Balaban J connectivity index is 2.33. The summed E-state index contributed by atoms with van der Waals surface area (Å²) < 4.78 is 27.3. The summed E-state index contributed by atoms with van der Waals surface area (Å²) in [6, 6.07) is 7.10. The summed E-state index contributed by atoms with van der Waals surface area (Å²) in [5.41, 5.74) is 0.819. The van der Waals surface area contributed by atoms with E-state index in [1.165, 1.54) is 0 Å². The molecule has 1 aromatic carbocycles. The molecule has 0 aliphatic carbocycles. The second-order valence-electron chi connectivity index (χ2n) is 5.54. The van der Waals surface area contributed by atoms with Gasteiger partial charge in [-0.3, -0.25) is 0 Å². The molecule has 1 saturated heterocycles. The van der Waals surface area contributed by atoms with Crippen molar-refractivity contribution >= 4 is 15.7 Å². The van der Waals surface area contributed by atoms with Crippen molar-refractivity contribution in [3.8, 4) is 0 Å². The van der Waals surface area contributed by atoms with Crippen molar-refractivity contribution in [1.29, 1.82) is 0 Å². The molecule has 20 heavy (non-hydrogen) atoms. The third-order valence-corrected chi connectivity index (χ3v) is 6.58. The van der Waals surface area contributed by atoms with Gasteiger partial charge in [0.2, 0.25) is 10.0 Å². The van der Waals surface area contributed by atoms with Gasteiger partial charge in [-0.1, -0.05) is 26.0 Å². The first-order valence-corrected chi connectivity index (χ1v) is 8.70. The fraction of sp³-hybridized carbons (Fsp3) is 0.600. The van der Waals surface area contributed by atoms with E-state index in [0.29, 0.717) is 23.7 Å². The molecular weight excluding hydrogens is 272 g/mol. The molecule has 1 fully saturated rings. The van der Waals surface area contributed by atoms with Crippen LogP contribution in [0.25, 0.3) is 0 Å². The van der Waals surface area contributed by atoms with E-state index in [4.69, 9.17) is 0 Å². The van der Waals surface area contributed by atoms with Crippen LogP contribution in [0.4, 0.5) is 5.69 Å². The summed E-state index contributed by atoms with van der Waals surface area (Å²) in [7, 11) is -1.65. The molecule has 0 radical (unpaired) electrons. The molecule has 1 aromatic rings. The SMILES string of the molecule is CCC1(CC)CCN(S(=O)(=O)c2ccccc2NC)C1. The van der Waals surface area contributed by atoms with E-state index in [1.54, 1.807) is 29.6 Å². The zero-order valence-electron chi connectivity index (χ0n) is 12.5. The topological polar surface area (TPSA) is 49.4 Å².